The van der Waals surface area contributed by atoms with Gasteiger partial charge < -0.3 is 25.8 Å². The van der Waals surface area contributed by atoms with Gasteiger partial charge in [-0.3, -0.25) is 4.79 Å². The fraction of sp³-hybridized carbons (Fsp3) is 0.0800. The first-order chi connectivity index (χ1) is 17.0. The Morgan fingerprint density at radius 1 is 1.14 bits per heavy atom. The van der Waals surface area contributed by atoms with Gasteiger partial charge in [0.15, 0.2) is 0 Å². The summed E-state index contributed by atoms with van der Waals surface area (Å²) in [6.07, 6.45) is 4.82. The van der Waals surface area contributed by atoms with E-state index < -0.39 is 0 Å². The molecule has 5 rings (SSSR count). The van der Waals surface area contributed by atoms with E-state index in [4.69, 9.17) is 33.4 Å². The van der Waals surface area contributed by atoms with Gasteiger partial charge >= 0.3 is 0 Å². The maximum Gasteiger partial charge on any atom is 0.268 e. The van der Waals surface area contributed by atoms with Gasteiger partial charge in [0.2, 0.25) is 5.95 Å². The highest BCUT2D eigenvalue weighted by Gasteiger charge is 2.18. The second-order valence-electron chi connectivity index (χ2n) is 7.81. The molecule has 35 heavy (non-hydrogen) atoms. The molecule has 5 aromatic rings. The van der Waals surface area contributed by atoms with Crippen molar-refractivity contribution in [3.05, 3.63) is 94.6 Å². The van der Waals surface area contributed by atoms with Gasteiger partial charge in [0.05, 0.1) is 29.2 Å². The minimum Gasteiger partial charge on any atom is -0.464 e. The lowest BCUT2D eigenvalue weighted by molar-refractivity contribution is 0.0933. The lowest BCUT2D eigenvalue weighted by Gasteiger charge is -2.17. The molecule has 0 aliphatic heterocycles. The van der Waals surface area contributed by atoms with Crippen LogP contribution < -0.4 is 16.4 Å². The van der Waals surface area contributed by atoms with Crippen molar-refractivity contribution in [2.75, 3.05) is 11.9 Å². The monoisotopic (exact) mass is 506 g/mol. The van der Waals surface area contributed by atoms with Crippen molar-refractivity contribution in [2.24, 2.45) is 5.73 Å². The first-order valence-corrected chi connectivity index (χ1v) is 11.5. The number of halogens is 2. The molecule has 0 aliphatic rings. The number of amides is 1. The van der Waals surface area contributed by atoms with Gasteiger partial charge in [0.25, 0.3) is 5.91 Å². The Kier molecular flexibility index (Phi) is 6.41. The Morgan fingerprint density at radius 2 is 2.03 bits per heavy atom. The number of rotatable bonds is 7. The van der Waals surface area contributed by atoms with Crippen LogP contribution in [0.3, 0.4) is 0 Å². The number of hydrogen-bond donors (Lipinski definition) is 4. The van der Waals surface area contributed by atoms with Crippen molar-refractivity contribution in [2.45, 2.75) is 6.04 Å². The zero-order chi connectivity index (χ0) is 24.4. The van der Waals surface area contributed by atoms with E-state index in [9.17, 15) is 4.79 Å². The number of aromatic amines is 1. The number of anilines is 2. The maximum atomic E-state index is 12.9. The van der Waals surface area contributed by atoms with Crippen molar-refractivity contribution >= 4 is 51.7 Å². The number of H-pyrrole nitrogens is 1. The third-order valence-electron chi connectivity index (χ3n) is 5.45. The molecule has 3 heterocycles. The molecule has 0 bridgehead atoms. The third-order valence-corrected chi connectivity index (χ3v) is 5.96. The standard InChI is InChI=1S/C25H20Cl2N6O2/c26-17-3-1-2-14(8-17)21(11-28)32-24(34)20-10-16(12-29-20)23-19(27)13-30-25(33-23)31-18-4-5-22-15(9-18)6-7-35-22/h1-10,12-13,21,29H,11,28H2,(H,32,34)(H,30,31,33). The first kappa shape index (κ1) is 22.9. The van der Waals surface area contributed by atoms with Crippen molar-refractivity contribution in [1.29, 1.82) is 0 Å². The molecule has 3 aromatic heterocycles. The van der Waals surface area contributed by atoms with Crippen molar-refractivity contribution < 1.29 is 9.21 Å². The number of nitrogens with one attached hydrogen (secondary N) is 3. The summed E-state index contributed by atoms with van der Waals surface area (Å²) < 4.78 is 5.37. The molecule has 8 nitrogen and oxygen atoms in total. The van der Waals surface area contributed by atoms with Gasteiger partial charge in [-0.2, -0.15) is 0 Å². The minimum absolute atomic E-state index is 0.219. The van der Waals surface area contributed by atoms with Gasteiger partial charge in [0, 0.05) is 34.4 Å². The van der Waals surface area contributed by atoms with Crippen molar-refractivity contribution in [3.8, 4) is 11.3 Å². The summed E-state index contributed by atoms with van der Waals surface area (Å²) in [4.78, 5) is 24.7. The molecule has 5 N–H and O–H groups in total. The lowest BCUT2D eigenvalue weighted by Crippen LogP contribution is -2.33. The van der Waals surface area contributed by atoms with E-state index in [0.717, 1.165) is 22.2 Å². The van der Waals surface area contributed by atoms with Crippen LogP contribution in [0.1, 0.15) is 22.1 Å². The highest BCUT2D eigenvalue weighted by atomic mass is 35.5. The predicted molar refractivity (Wildman–Crippen MR) is 137 cm³/mol. The molecule has 176 valence electrons. The van der Waals surface area contributed by atoms with Gasteiger partial charge in [-0.05, 0) is 48.0 Å². The van der Waals surface area contributed by atoms with Crippen LogP contribution in [0, 0.1) is 0 Å². The van der Waals surface area contributed by atoms with Crippen LogP contribution in [-0.2, 0) is 0 Å². The summed E-state index contributed by atoms with van der Waals surface area (Å²) in [5.41, 5.74) is 9.77. The zero-order valence-corrected chi connectivity index (χ0v) is 19.8. The van der Waals surface area contributed by atoms with Crippen LogP contribution in [0.4, 0.5) is 11.6 Å². The number of nitrogens with two attached hydrogens (primary N) is 1. The topological polar surface area (TPSA) is 122 Å². The second-order valence-corrected chi connectivity index (χ2v) is 8.65. The molecule has 1 unspecified atom stereocenters. The summed E-state index contributed by atoms with van der Waals surface area (Å²) in [5.74, 6) is 0.0483. The largest absolute Gasteiger partial charge is 0.464 e. The summed E-state index contributed by atoms with van der Waals surface area (Å²) in [6.45, 7) is 0.219. The second kappa shape index (κ2) is 9.79. The van der Waals surface area contributed by atoms with Gasteiger partial charge in [-0.25, -0.2) is 9.97 Å². The molecule has 0 saturated carbocycles. The van der Waals surface area contributed by atoms with E-state index in [2.05, 4.69) is 25.6 Å². The average Bonchev–Trinajstić information content (AvgIpc) is 3.53. The molecule has 0 aliphatic carbocycles. The number of carbonyl (C=O) groups is 1. The molecule has 0 fully saturated rings. The van der Waals surface area contributed by atoms with Crippen molar-refractivity contribution in [1.82, 2.24) is 20.3 Å². The Hall–Kier alpha value is -3.85. The van der Waals surface area contributed by atoms with Gasteiger partial charge in [-0.1, -0.05) is 35.3 Å². The van der Waals surface area contributed by atoms with Gasteiger partial charge in [0.1, 0.15) is 11.3 Å². The van der Waals surface area contributed by atoms with E-state index in [1.54, 1.807) is 30.7 Å². The van der Waals surface area contributed by atoms with Crippen molar-refractivity contribution in [3.63, 3.8) is 0 Å². The number of nitrogens with zero attached hydrogens (tertiary/aromatic N) is 2. The van der Waals surface area contributed by atoms with Gasteiger partial charge in [-0.15, -0.1) is 0 Å². The number of carbonyl (C=O) groups excluding carboxylic acids is 1. The lowest BCUT2D eigenvalue weighted by atomic mass is 10.1. The van der Waals surface area contributed by atoms with E-state index in [0.29, 0.717) is 32.9 Å². The Morgan fingerprint density at radius 3 is 2.86 bits per heavy atom. The summed E-state index contributed by atoms with van der Waals surface area (Å²) in [7, 11) is 0. The molecule has 2 aromatic carbocycles. The van der Waals surface area contributed by atoms with E-state index in [1.807, 2.05) is 36.4 Å². The molecule has 1 atom stereocenters. The van der Waals surface area contributed by atoms with E-state index in [1.165, 1.54) is 6.20 Å². The number of benzene rings is 2. The summed E-state index contributed by atoms with van der Waals surface area (Å²) in [6, 6.07) is 16.1. The van der Waals surface area contributed by atoms with Crippen LogP contribution in [0.15, 0.2) is 77.7 Å². The highest BCUT2D eigenvalue weighted by Crippen LogP contribution is 2.29. The highest BCUT2D eigenvalue weighted by molar-refractivity contribution is 6.33. The number of fused-ring (bicyclic) bond motifs is 1. The Bertz CT molecular complexity index is 1510. The summed E-state index contributed by atoms with van der Waals surface area (Å²) >= 11 is 12.5. The van der Waals surface area contributed by atoms with Crippen LogP contribution in [0.25, 0.3) is 22.2 Å². The molecule has 0 saturated heterocycles. The Labute approximate surface area is 210 Å². The third kappa shape index (κ3) is 5.00. The van der Waals surface area contributed by atoms with Crippen LogP contribution in [-0.4, -0.2) is 27.4 Å². The maximum absolute atomic E-state index is 12.9. The van der Waals surface area contributed by atoms with E-state index >= 15 is 0 Å². The van der Waals surface area contributed by atoms with Crippen LogP contribution >= 0.6 is 23.2 Å². The number of aromatic nitrogens is 3. The fourth-order valence-corrected chi connectivity index (χ4v) is 4.10. The quantitative estimate of drug-likeness (QED) is 0.224. The molecule has 1 amide bonds. The predicted octanol–water partition coefficient (Wildman–Crippen LogP) is 5.70. The normalized spacial score (nSPS) is 12.0. The fourth-order valence-electron chi connectivity index (χ4n) is 3.70. The number of furan rings is 1. The first-order valence-electron chi connectivity index (χ1n) is 10.7. The summed E-state index contributed by atoms with van der Waals surface area (Å²) in [5, 5.41) is 7.98. The van der Waals surface area contributed by atoms with Crippen LogP contribution in [0.5, 0.6) is 0 Å². The smallest absolute Gasteiger partial charge is 0.268 e. The SMILES string of the molecule is NCC(NC(=O)c1cc(-c2nc(Nc3ccc4occc4c3)ncc2Cl)c[nH]1)c1cccc(Cl)c1. The zero-order valence-electron chi connectivity index (χ0n) is 18.3. The van der Waals surface area contributed by atoms with Crippen LogP contribution in [0.2, 0.25) is 10.0 Å². The molecule has 0 spiro atoms. The number of hydrogen-bond acceptors (Lipinski definition) is 6. The molecular weight excluding hydrogens is 487 g/mol. The molecule has 0 radical (unpaired) electrons. The minimum atomic E-state index is -0.390. The molecular formula is C25H20Cl2N6O2. The molecule has 10 heteroatoms. The Balaban J connectivity index is 1.35. The average molecular weight is 507 g/mol. The van der Waals surface area contributed by atoms with E-state index in [-0.39, 0.29) is 18.5 Å².